The highest BCUT2D eigenvalue weighted by molar-refractivity contribution is 5.11. The molecule has 2 heteroatoms. The molecule has 1 N–H and O–H groups in total. The molecule has 1 saturated heterocycles. The summed E-state index contributed by atoms with van der Waals surface area (Å²) in [6.45, 7) is 10.3. The molecule has 5 atom stereocenters. The normalized spacial score (nSPS) is 54.8. The summed E-state index contributed by atoms with van der Waals surface area (Å²) in [6, 6.07) is 0. The smallest absolute Gasteiger partial charge is 0.0688 e. The number of rotatable bonds is 0. The van der Waals surface area contributed by atoms with Crippen molar-refractivity contribution >= 4 is 0 Å². The van der Waals surface area contributed by atoms with Crippen molar-refractivity contribution in [1.29, 1.82) is 0 Å². The number of hydrogen-bond acceptors (Lipinski definition) is 2. The molecule has 18 heavy (non-hydrogen) atoms. The average molecular weight is 252 g/mol. The monoisotopic (exact) mass is 252 g/mol. The van der Waals surface area contributed by atoms with E-state index in [4.69, 9.17) is 4.74 Å². The van der Waals surface area contributed by atoms with Crippen molar-refractivity contribution in [1.82, 2.24) is 0 Å². The van der Waals surface area contributed by atoms with Crippen LogP contribution in [-0.2, 0) is 4.74 Å². The van der Waals surface area contributed by atoms with Crippen LogP contribution in [0.4, 0.5) is 0 Å². The minimum Gasteiger partial charge on any atom is -0.393 e. The van der Waals surface area contributed by atoms with Crippen LogP contribution in [0, 0.1) is 22.7 Å². The molecule has 0 bridgehead atoms. The lowest BCUT2D eigenvalue weighted by Gasteiger charge is -2.61. The van der Waals surface area contributed by atoms with Gasteiger partial charge in [0.15, 0.2) is 0 Å². The Bertz CT molecular complexity index is 351. The first-order chi connectivity index (χ1) is 8.31. The van der Waals surface area contributed by atoms with E-state index in [2.05, 4.69) is 27.7 Å². The first-order valence-corrected chi connectivity index (χ1v) is 7.63. The van der Waals surface area contributed by atoms with Gasteiger partial charge in [-0.25, -0.2) is 0 Å². The Morgan fingerprint density at radius 3 is 2.39 bits per heavy atom. The van der Waals surface area contributed by atoms with Gasteiger partial charge in [0.25, 0.3) is 0 Å². The Morgan fingerprint density at radius 1 is 0.944 bits per heavy atom. The predicted octanol–water partition coefficient (Wildman–Crippen LogP) is 3.38. The summed E-state index contributed by atoms with van der Waals surface area (Å²) in [6.07, 6.45) is 5.62. The van der Waals surface area contributed by atoms with E-state index in [9.17, 15) is 5.11 Å². The summed E-state index contributed by atoms with van der Waals surface area (Å²) < 4.78 is 6.09. The maximum atomic E-state index is 10.4. The van der Waals surface area contributed by atoms with Gasteiger partial charge in [-0.05, 0) is 61.7 Å². The van der Waals surface area contributed by atoms with Gasteiger partial charge in [-0.3, -0.25) is 0 Å². The molecule has 3 aliphatic rings. The lowest BCUT2D eigenvalue weighted by molar-refractivity contribution is -0.178. The van der Waals surface area contributed by atoms with Crippen molar-refractivity contribution in [2.24, 2.45) is 22.7 Å². The number of fused-ring (bicyclic) bond motifs is 3. The molecule has 3 rings (SSSR count). The average Bonchev–Trinajstić information content (AvgIpc) is 2.68. The number of aliphatic hydroxyl groups is 1. The van der Waals surface area contributed by atoms with Crippen molar-refractivity contribution in [3.8, 4) is 0 Å². The predicted molar refractivity (Wildman–Crippen MR) is 72.3 cm³/mol. The molecule has 0 radical (unpaired) electrons. The molecule has 0 amide bonds. The van der Waals surface area contributed by atoms with Gasteiger partial charge in [0, 0.05) is 6.61 Å². The fourth-order valence-electron chi connectivity index (χ4n) is 5.72. The maximum absolute atomic E-state index is 10.4. The van der Waals surface area contributed by atoms with Crippen molar-refractivity contribution < 1.29 is 9.84 Å². The first-order valence-electron chi connectivity index (χ1n) is 7.63. The zero-order chi connectivity index (χ0) is 13.2. The van der Waals surface area contributed by atoms with E-state index in [0.29, 0.717) is 17.3 Å². The van der Waals surface area contributed by atoms with Crippen LogP contribution in [0.1, 0.15) is 59.8 Å². The van der Waals surface area contributed by atoms with Gasteiger partial charge >= 0.3 is 0 Å². The van der Waals surface area contributed by atoms with Gasteiger partial charge in [-0.2, -0.15) is 0 Å². The van der Waals surface area contributed by atoms with E-state index in [0.717, 1.165) is 13.0 Å². The van der Waals surface area contributed by atoms with E-state index in [-0.39, 0.29) is 17.1 Å². The summed E-state index contributed by atoms with van der Waals surface area (Å²) in [5.74, 6) is 1.34. The topological polar surface area (TPSA) is 29.5 Å². The van der Waals surface area contributed by atoms with Crippen LogP contribution in [-0.4, -0.2) is 23.4 Å². The van der Waals surface area contributed by atoms with Gasteiger partial charge < -0.3 is 9.84 Å². The molecular formula is C16H28O2. The van der Waals surface area contributed by atoms with E-state index < -0.39 is 0 Å². The molecule has 0 unspecified atom stereocenters. The molecule has 0 aromatic heterocycles. The van der Waals surface area contributed by atoms with Crippen LogP contribution < -0.4 is 0 Å². The minimum absolute atomic E-state index is 0.0664. The number of aliphatic hydroxyl groups excluding tert-OH is 1. The molecule has 104 valence electrons. The molecule has 2 saturated carbocycles. The third kappa shape index (κ3) is 1.48. The van der Waals surface area contributed by atoms with Gasteiger partial charge in [-0.15, -0.1) is 0 Å². The maximum Gasteiger partial charge on any atom is 0.0688 e. The Hall–Kier alpha value is -0.0800. The third-order valence-electron chi connectivity index (χ3n) is 6.81. The lowest BCUT2D eigenvalue weighted by Crippen LogP contribution is -2.59. The van der Waals surface area contributed by atoms with Crippen LogP contribution in [0.3, 0.4) is 0 Å². The summed E-state index contributed by atoms with van der Waals surface area (Å²) in [4.78, 5) is 0. The van der Waals surface area contributed by atoms with E-state index in [1.54, 1.807) is 0 Å². The van der Waals surface area contributed by atoms with E-state index in [1.165, 1.54) is 25.7 Å². The van der Waals surface area contributed by atoms with Crippen LogP contribution >= 0.6 is 0 Å². The van der Waals surface area contributed by atoms with Crippen LogP contribution in [0.2, 0.25) is 0 Å². The van der Waals surface area contributed by atoms with Gasteiger partial charge in [-0.1, -0.05) is 20.8 Å². The zero-order valence-corrected chi connectivity index (χ0v) is 12.3. The SMILES string of the molecule is CC1(C)[C@@H](O)CC[C@]2(C)[C@H]3CCO[C@]3(C)CC[C@@H]12. The van der Waals surface area contributed by atoms with Crippen molar-refractivity contribution in [3.05, 3.63) is 0 Å². The Kier molecular flexibility index (Phi) is 2.68. The zero-order valence-electron chi connectivity index (χ0n) is 12.3. The van der Waals surface area contributed by atoms with Crippen LogP contribution in [0.15, 0.2) is 0 Å². The second-order valence-corrected chi connectivity index (χ2v) is 7.98. The molecule has 0 aromatic carbocycles. The third-order valence-corrected chi connectivity index (χ3v) is 6.81. The van der Waals surface area contributed by atoms with Gasteiger partial charge in [0.05, 0.1) is 11.7 Å². The molecule has 0 aromatic rings. The van der Waals surface area contributed by atoms with Crippen LogP contribution in [0.5, 0.6) is 0 Å². The Balaban J connectivity index is 1.98. The first kappa shape index (κ1) is 12.9. The molecule has 2 aliphatic carbocycles. The molecular weight excluding hydrogens is 224 g/mol. The van der Waals surface area contributed by atoms with E-state index >= 15 is 0 Å². The molecule has 2 nitrogen and oxygen atoms in total. The Labute approximate surface area is 111 Å². The highest BCUT2D eigenvalue weighted by Gasteiger charge is 2.62. The van der Waals surface area contributed by atoms with Gasteiger partial charge in [0.1, 0.15) is 0 Å². The minimum atomic E-state index is -0.123. The fraction of sp³-hybridized carbons (Fsp3) is 1.00. The highest BCUT2D eigenvalue weighted by atomic mass is 16.5. The van der Waals surface area contributed by atoms with Crippen LogP contribution in [0.25, 0.3) is 0 Å². The van der Waals surface area contributed by atoms with Crippen molar-refractivity contribution in [2.45, 2.75) is 71.5 Å². The lowest BCUT2D eigenvalue weighted by atomic mass is 9.45. The molecule has 3 fully saturated rings. The Morgan fingerprint density at radius 2 is 1.67 bits per heavy atom. The quantitative estimate of drug-likeness (QED) is 0.716. The molecule has 0 spiro atoms. The molecule has 1 heterocycles. The second-order valence-electron chi connectivity index (χ2n) is 7.98. The van der Waals surface area contributed by atoms with Crippen molar-refractivity contribution in [3.63, 3.8) is 0 Å². The number of ether oxygens (including phenoxy) is 1. The summed E-state index contributed by atoms with van der Waals surface area (Å²) >= 11 is 0. The van der Waals surface area contributed by atoms with E-state index in [1.807, 2.05) is 0 Å². The summed E-state index contributed by atoms with van der Waals surface area (Å²) in [5, 5.41) is 10.4. The highest BCUT2D eigenvalue weighted by Crippen LogP contribution is 2.64. The standard InChI is InChI=1S/C16H28O2/c1-14(2)11-5-9-16(4)12(7-10-18-16)15(11,3)8-6-13(14)17/h11-13,17H,5-10H2,1-4H3/t11-,12+,13-,15-,16+/m0/s1. The second kappa shape index (κ2) is 3.73. The summed E-state index contributed by atoms with van der Waals surface area (Å²) in [5.41, 5.74) is 0.548. The van der Waals surface area contributed by atoms with Gasteiger partial charge in [0.2, 0.25) is 0 Å². The largest absolute Gasteiger partial charge is 0.393 e. The fourth-order valence-corrected chi connectivity index (χ4v) is 5.72. The number of hydrogen-bond donors (Lipinski definition) is 1. The van der Waals surface area contributed by atoms with Crippen molar-refractivity contribution in [2.75, 3.05) is 6.61 Å². The molecule has 1 aliphatic heterocycles. The summed E-state index contributed by atoms with van der Waals surface area (Å²) in [7, 11) is 0.